The minimum absolute atomic E-state index is 0.0809. The summed E-state index contributed by atoms with van der Waals surface area (Å²) in [6.07, 6.45) is -0.231. The molecule has 0 saturated carbocycles. The second-order valence-electron chi connectivity index (χ2n) is 8.22. The Morgan fingerprint density at radius 1 is 1.29 bits per heavy atom. The highest BCUT2D eigenvalue weighted by Crippen LogP contribution is 2.32. The molecule has 1 amide bonds. The van der Waals surface area contributed by atoms with Gasteiger partial charge in [-0.25, -0.2) is 4.79 Å². The molecule has 0 unspecified atom stereocenters. The van der Waals surface area contributed by atoms with Crippen molar-refractivity contribution in [1.82, 2.24) is 10.2 Å². The number of benzene rings is 1. The Balaban J connectivity index is 2.43. The van der Waals surface area contributed by atoms with Crippen LogP contribution in [0.4, 0.5) is 5.69 Å². The fraction of sp³-hybridized carbons (Fsp3) is 0.476. The quantitative estimate of drug-likeness (QED) is 0.589. The number of anilines is 1. The van der Waals surface area contributed by atoms with Gasteiger partial charge in [-0.2, -0.15) is 0 Å². The third-order valence-corrected chi connectivity index (χ3v) is 4.87. The summed E-state index contributed by atoms with van der Waals surface area (Å²) < 4.78 is 5.46. The van der Waals surface area contributed by atoms with E-state index in [1.165, 1.54) is 0 Å². The zero-order valence-electron chi connectivity index (χ0n) is 17.5. The van der Waals surface area contributed by atoms with E-state index in [0.717, 1.165) is 11.3 Å². The van der Waals surface area contributed by atoms with E-state index >= 15 is 0 Å². The molecule has 6 nitrogen and oxygen atoms in total. The standard InChI is InChI=1S/C21H29N3O3S/c1-12(2)27-18(25)16-13(3)24(7)20(28)23-17(16)14-9-8-10-15(11-14)22-19(26)21(4,5)6/h8-12,17H,1-7H3,(H,22,26)(H,23,28)/t17-/m1/s1. The summed E-state index contributed by atoms with van der Waals surface area (Å²) in [5, 5.41) is 6.66. The molecule has 1 heterocycles. The highest BCUT2D eigenvalue weighted by atomic mass is 32.1. The van der Waals surface area contributed by atoms with Gasteiger partial charge in [0.1, 0.15) is 0 Å². The van der Waals surface area contributed by atoms with Crippen molar-refractivity contribution < 1.29 is 14.3 Å². The number of carbonyl (C=O) groups is 2. The maximum Gasteiger partial charge on any atom is 0.338 e. The highest BCUT2D eigenvalue weighted by Gasteiger charge is 2.34. The second kappa shape index (κ2) is 8.31. The van der Waals surface area contributed by atoms with Crippen LogP contribution in [0.5, 0.6) is 0 Å². The number of esters is 1. The molecule has 0 saturated heterocycles. The molecular formula is C21H29N3O3S. The minimum atomic E-state index is -0.508. The fourth-order valence-corrected chi connectivity index (χ4v) is 3.00. The van der Waals surface area contributed by atoms with Crippen molar-refractivity contribution in [2.24, 2.45) is 5.41 Å². The summed E-state index contributed by atoms with van der Waals surface area (Å²) in [4.78, 5) is 26.9. The van der Waals surface area contributed by atoms with E-state index in [4.69, 9.17) is 17.0 Å². The minimum Gasteiger partial charge on any atom is -0.459 e. The van der Waals surface area contributed by atoms with E-state index in [0.29, 0.717) is 16.4 Å². The van der Waals surface area contributed by atoms with Crippen molar-refractivity contribution in [3.63, 3.8) is 0 Å². The Bertz CT molecular complexity index is 824. The van der Waals surface area contributed by atoms with E-state index in [-0.39, 0.29) is 18.0 Å². The van der Waals surface area contributed by atoms with Gasteiger partial charge in [0.25, 0.3) is 0 Å². The largest absolute Gasteiger partial charge is 0.459 e. The molecule has 1 aliphatic heterocycles. The summed E-state index contributed by atoms with van der Waals surface area (Å²) in [5.74, 6) is -0.467. The Morgan fingerprint density at radius 3 is 2.50 bits per heavy atom. The van der Waals surface area contributed by atoms with E-state index in [9.17, 15) is 9.59 Å². The lowest BCUT2D eigenvalue weighted by molar-refractivity contribution is -0.143. The monoisotopic (exact) mass is 403 g/mol. The number of ether oxygens (including phenoxy) is 1. The Morgan fingerprint density at radius 2 is 1.93 bits per heavy atom. The molecule has 0 spiro atoms. The van der Waals surface area contributed by atoms with Gasteiger partial charge in [-0.15, -0.1) is 0 Å². The van der Waals surface area contributed by atoms with E-state index < -0.39 is 11.5 Å². The number of rotatable bonds is 4. The van der Waals surface area contributed by atoms with Crippen molar-refractivity contribution >= 4 is 34.9 Å². The van der Waals surface area contributed by atoms with Crippen LogP contribution in [0, 0.1) is 5.41 Å². The van der Waals surface area contributed by atoms with Crippen molar-refractivity contribution in [1.29, 1.82) is 0 Å². The molecule has 0 radical (unpaired) electrons. The molecule has 0 fully saturated rings. The number of amides is 1. The molecule has 2 N–H and O–H groups in total. The van der Waals surface area contributed by atoms with Gasteiger partial charge in [-0.1, -0.05) is 32.9 Å². The van der Waals surface area contributed by atoms with Crippen LogP contribution in [0.1, 0.15) is 53.1 Å². The van der Waals surface area contributed by atoms with Crippen LogP contribution in [0.15, 0.2) is 35.5 Å². The van der Waals surface area contributed by atoms with Gasteiger partial charge < -0.3 is 20.3 Å². The van der Waals surface area contributed by atoms with Crippen LogP contribution in [-0.2, 0) is 14.3 Å². The lowest BCUT2D eigenvalue weighted by atomic mass is 9.93. The van der Waals surface area contributed by atoms with Crippen molar-refractivity contribution in [3.05, 3.63) is 41.1 Å². The third-order valence-electron chi connectivity index (χ3n) is 4.48. The fourth-order valence-electron chi connectivity index (χ4n) is 2.74. The van der Waals surface area contributed by atoms with Gasteiger partial charge in [0.05, 0.1) is 17.7 Å². The van der Waals surface area contributed by atoms with Gasteiger partial charge >= 0.3 is 5.97 Å². The summed E-state index contributed by atoms with van der Waals surface area (Å²) in [6, 6.07) is 6.96. The number of nitrogens with zero attached hydrogens (tertiary/aromatic N) is 1. The molecule has 0 aliphatic carbocycles. The van der Waals surface area contributed by atoms with Crippen molar-refractivity contribution in [2.45, 2.75) is 53.7 Å². The van der Waals surface area contributed by atoms with Gasteiger partial charge in [0, 0.05) is 23.8 Å². The first kappa shape index (κ1) is 21.9. The summed E-state index contributed by atoms with van der Waals surface area (Å²) in [7, 11) is 1.81. The normalized spacial score (nSPS) is 17.5. The third kappa shape index (κ3) is 4.90. The first-order valence-corrected chi connectivity index (χ1v) is 9.70. The lowest BCUT2D eigenvalue weighted by Crippen LogP contribution is -2.46. The highest BCUT2D eigenvalue weighted by molar-refractivity contribution is 7.80. The number of thiocarbonyl (C=S) groups is 1. The summed E-state index contributed by atoms with van der Waals surface area (Å²) in [5.41, 5.74) is 2.22. The number of hydrogen-bond donors (Lipinski definition) is 2. The van der Waals surface area contributed by atoms with Crippen molar-refractivity contribution in [3.8, 4) is 0 Å². The molecule has 7 heteroatoms. The Kier molecular flexibility index (Phi) is 6.49. The van der Waals surface area contributed by atoms with E-state index in [1.54, 1.807) is 4.90 Å². The number of allylic oxidation sites excluding steroid dienone is 1. The van der Waals surface area contributed by atoms with Gasteiger partial charge in [0.15, 0.2) is 5.11 Å². The first-order chi connectivity index (χ1) is 12.9. The second-order valence-corrected chi connectivity index (χ2v) is 8.61. The molecule has 2 rings (SSSR count). The smallest absolute Gasteiger partial charge is 0.338 e. The predicted molar refractivity (Wildman–Crippen MR) is 115 cm³/mol. The van der Waals surface area contributed by atoms with Crippen LogP contribution in [-0.4, -0.2) is 35.0 Å². The molecule has 0 aromatic heterocycles. The topological polar surface area (TPSA) is 70.7 Å². The van der Waals surface area contributed by atoms with Gasteiger partial charge in [0.2, 0.25) is 5.91 Å². The maximum atomic E-state index is 12.8. The van der Waals surface area contributed by atoms with Crippen LogP contribution in [0.25, 0.3) is 0 Å². The number of nitrogens with one attached hydrogen (secondary N) is 2. The molecule has 0 bridgehead atoms. The molecule has 1 atom stereocenters. The zero-order chi connectivity index (χ0) is 21.2. The average molecular weight is 404 g/mol. The first-order valence-electron chi connectivity index (χ1n) is 9.29. The summed E-state index contributed by atoms with van der Waals surface area (Å²) in [6.45, 7) is 11.0. The molecule has 1 aromatic rings. The average Bonchev–Trinajstić information content (AvgIpc) is 2.58. The molecule has 1 aliphatic rings. The predicted octanol–water partition coefficient (Wildman–Crippen LogP) is 3.76. The maximum absolute atomic E-state index is 12.8. The zero-order valence-corrected chi connectivity index (χ0v) is 18.4. The van der Waals surface area contributed by atoms with E-state index in [2.05, 4.69) is 10.6 Å². The number of carbonyl (C=O) groups excluding carboxylic acids is 2. The van der Waals surface area contributed by atoms with Crippen LogP contribution in [0.3, 0.4) is 0 Å². The van der Waals surface area contributed by atoms with Crippen LogP contribution in [0.2, 0.25) is 0 Å². The molecule has 152 valence electrons. The Hall–Kier alpha value is -2.41. The lowest BCUT2D eigenvalue weighted by Gasteiger charge is -2.35. The van der Waals surface area contributed by atoms with Crippen LogP contribution < -0.4 is 10.6 Å². The summed E-state index contributed by atoms with van der Waals surface area (Å²) >= 11 is 5.42. The van der Waals surface area contributed by atoms with Crippen molar-refractivity contribution in [2.75, 3.05) is 12.4 Å². The Labute approximate surface area is 172 Å². The van der Waals surface area contributed by atoms with Gasteiger partial charge in [-0.05, 0) is 50.7 Å². The van der Waals surface area contributed by atoms with E-state index in [1.807, 2.05) is 72.9 Å². The molecular weight excluding hydrogens is 374 g/mol. The SMILES string of the molecule is CC1=C(C(=O)OC(C)C)[C@@H](c2cccc(NC(=O)C(C)(C)C)c2)NC(=S)N1C. The van der Waals surface area contributed by atoms with Crippen LogP contribution >= 0.6 is 12.2 Å². The molecule has 1 aromatic carbocycles. The van der Waals surface area contributed by atoms with Gasteiger partial charge in [-0.3, -0.25) is 4.79 Å². The molecule has 28 heavy (non-hydrogen) atoms. The number of hydrogen-bond acceptors (Lipinski definition) is 4.